The number of aryl methyl sites for hydroxylation is 1. The van der Waals surface area contributed by atoms with E-state index in [0.29, 0.717) is 4.83 Å². The number of amides is 1. The van der Waals surface area contributed by atoms with E-state index >= 15 is 0 Å². The normalized spacial score (nSPS) is 21.3. The van der Waals surface area contributed by atoms with Gasteiger partial charge >= 0.3 is 0 Å². The summed E-state index contributed by atoms with van der Waals surface area (Å²) in [6.45, 7) is 0.794. The van der Waals surface area contributed by atoms with Crippen molar-refractivity contribution < 1.29 is 4.79 Å². The van der Waals surface area contributed by atoms with Gasteiger partial charge in [0.2, 0.25) is 0 Å². The molecule has 1 fully saturated rings. The number of alkyl halides is 1. The van der Waals surface area contributed by atoms with Gasteiger partial charge in [-0.15, -0.1) is 0 Å². The summed E-state index contributed by atoms with van der Waals surface area (Å²) in [5, 5.41) is 2.99. The third-order valence-corrected chi connectivity index (χ3v) is 5.82. The van der Waals surface area contributed by atoms with Crippen LogP contribution in [0, 0.1) is 5.92 Å². The minimum Gasteiger partial charge on any atom is -0.352 e. The standard InChI is InChI=1S/C18H24BrNO/c19-17(11-13-5-2-1-3-6-13)15-9-8-14-7-4-10-20-18(21)16(14)12-15/h8-9,12-13,17H,1-7,10-11H2,(H,20,21). The molecular formula is C18H24BrNO. The predicted octanol–water partition coefficient (Wildman–Crippen LogP) is 4.77. The minimum absolute atomic E-state index is 0.0988. The zero-order valence-corrected chi connectivity index (χ0v) is 14.1. The van der Waals surface area contributed by atoms with E-state index < -0.39 is 0 Å². The Bertz CT molecular complexity index is 508. The molecule has 0 radical (unpaired) electrons. The minimum atomic E-state index is 0.0988. The molecule has 3 heteroatoms. The van der Waals surface area contributed by atoms with Gasteiger partial charge in [-0.25, -0.2) is 0 Å². The van der Waals surface area contributed by atoms with E-state index in [-0.39, 0.29) is 5.91 Å². The van der Waals surface area contributed by atoms with Crippen LogP contribution in [0.2, 0.25) is 0 Å². The maximum absolute atomic E-state index is 12.1. The SMILES string of the molecule is O=C1NCCCc2ccc(C(Br)CC3CCCCC3)cc21. The van der Waals surface area contributed by atoms with Crippen molar-refractivity contribution in [2.75, 3.05) is 6.54 Å². The number of hydrogen-bond acceptors (Lipinski definition) is 1. The molecular weight excluding hydrogens is 326 g/mol. The van der Waals surface area contributed by atoms with Crippen molar-refractivity contribution in [3.8, 4) is 0 Å². The average Bonchev–Trinajstić information content (AvgIpc) is 2.70. The van der Waals surface area contributed by atoms with Crippen molar-refractivity contribution in [3.63, 3.8) is 0 Å². The van der Waals surface area contributed by atoms with Gasteiger partial charge in [0, 0.05) is 16.9 Å². The zero-order valence-electron chi connectivity index (χ0n) is 12.5. The predicted molar refractivity (Wildman–Crippen MR) is 90.0 cm³/mol. The van der Waals surface area contributed by atoms with Gasteiger partial charge in [0.25, 0.3) is 5.91 Å². The van der Waals surface area contributed by atoms with Gasteiger partial charge in [0.1, 0.15) is 0 Å². The van der Waals surface area contributed by atoms with Gasteiger partial charge in [-0.1, -0.05) is 60.2 Å². The van der Waals surface area contributed by atoms with Gasteiger partial charge in [-0.2, -0.15) is 0 Å². The summed E-state index contributed by atoms with van der Waals surface area (Å²) in [6, 6.07) is 6.47. The summed E-state index contributed by atoms with van der Waals surface area (Å²) >= 11 is 3.86. The number of benzene rings is 1. The molecule has 0 spiro atoms. The van der Waals surface area contributed by atoms with Crippen LogP contribution in [0.25, 0.3) is 0 Å². The number of rotatable bonds is 3. The second kappa shape index (κ2) is 6.95. The highest BCUT2D eigenvalue weighted by molar-refractivity contribution is 9.09. The van der Waals surface area contributed by atoms with E-state index in [2.05, 4.69) is 39.4 Å². The van der Waals surface area contributed by atoms with Crippen LogP contribution >= 0.6 is 15.9 Å². The third kappa shape index (κ3) is 3.68. The lowest BCUT2D eigenvalue weighted by Crippen LogP contribution is -2.22. The van der Waals surface area contributed by atoms with Crippen LogP contribution in [0.5, 0.6) is 0 Å². The molecule has 1 amide bonds. The highest BCUT2D eigenvalue weighted by Crippen LogP contribution is 2.37. The van der Waals surface area contributed by atoms with E-state index in [1.165, 1.54) is 49.7 Å². The molecule has 1 aliphatic carbocycles. The van der Waals surface area contributed by atoms with Crippen molar-refractivity contribution >= 4 is 21.8 Å². The van der Waals surface area contributed by atoms with Gasteiger partial charge in [-0.3, -0.25) is 4.79 Å². The van der Waals surface area contributed by atoms with Crippen LogP contribution in [0.3, 0.4) is 0 Å². The molecule has 1 heterocycles. The van der Waals surface area contributed by atoms with Crippen LogP contribution < -0.4 is 5.32 Å². The number of halogens is 1. The Labute approximate surface area is 135 Å². The molecule has 1 unspecified atom stereocenters. The summed E-state index contributed by atoms with van der Waals surface area (Å²) in [7, 11) is 0. The van der Waals surface area contributed by atoms with E-state index in [9.17, 15) is 4.79 Å². The largest absolute Gasteiger partial charge is 0.352 e. The Balaban J connectivity index is 1.74. The van der Waals surface area contributed by atoms with Crippen molar-refractivity contribution in [2.45, 2.75) is 56.2 Å². The molecule has 0 aromatic heterocycles. The van der Waals surface area contributed by atoms with Crippen LogP contribution in [0.15, 0.2) is 18.2 Å². The van der Waals surface area contributed by atoms with E-state index in [1.54, 1.807) is 0 Å². The quantitative estimate of drug-likeness (QED) is 0.782. The fraction of sp³-hybridized carbons (Fsp3) is 0.611. The summed E-state index contributed by atoms with van der Waals surface area (Å²) in [4.78, 5) is 12.5. The number of fused-ring (bicyclic) bond motifs is 1. The first-order chi connectivity index (χ1) is 10.2. The average molecular weight is 350 g/mol. The molecule has 3 rings (SSSR count). The second-order valence-corrected chi connectivity index (χ2v) is 7.59. The Hall–Kier alpha value is -0.830. The van der Waals surface area contributed by atoms with E-state index in [0.717, 1.165) is 30.9 Å². The summed E-state index contributed by atoms with van der Waals surface area (Å²) in [6.07, 6.45) is 10.2. The summed E-state index contributed by atoms with van der Waals surface area (Å²) in [5.74, 6) is 0.942. The third-order valence-electron chi connectivity index (χ3n) is 4.91. The molecule has 1 aromatic rings. The first-order valence-corrected chi connectivity index (χ1v) is 9.20. The maximum Gasteiger partial charge on any atom is 0.251 e. The maximum atomic E-state index is 12.1. The summed E-state index contributed by atoms with van der Waals surface area (Å²) in [5.41, 5.74) is 3.35. The molecule has 1 atom stereocenters. The Morgan fingerprint density at radius 3 is 2.81 bits per heavy atom. The molecule has 0 saturated heterocycles. The Kier molecular flexibility index (Phi) is 4.99. The lowest BCUT2D eigenvalue weighted by molar-refractivity contribution is 0.0956. The number of hydrogen-bond donors (Lipinski definition) is 1. The van der Waals surface area contributed by atoms with Gasteiger partial charge in [-0.05, 0) is 42.4 Å². The van der Waals surface area contributed by atoms with Crippen LogP contribution in [0.4, 0.5) is 0 Å². The van der Waals surface area contributed by atoms with Gasteiger partial charge in [0.05, 0.1) is 0 Å². The fourth-order valence-corrected chi connectivity index (χ4v) is 4.46. The Morgan fingerprint density at radius 1 is 1.19 bits per heavy atom. The van der Waals surface area contributed by atoms with E-state index in [4.69, 9.17) is 0 Å². The first-order valence-electron chi connectivity index (χ1n) is 8.29. The van der Waals surface area contributed by atoms with Crippen molar-refractivity contribution in [2.24, 2.45) is 5.92 Å². The van der Waals surface area contributed by atoms with Crippen LogP contribution in [0.1, 0.15) is 71.3 Å². The lowest BCUT2D eigenvalue weighted by atomic mass is 9.85. The van der Waals surface area contributed by atoms with Gasteiger partial charge < -0.3 is 5.32 Å². The molecule has 114 valence electrons. The monoisotopic (exact) mass is 349 g/mol. The number of carbonyl (C=O) groups excluding carboxylic acids is 1. The Morgan fingerprint density at radius 2 is 2.00 bits per heavy atom. The molecule has 2 aliphatic rings. The zero-order chi connectivity index (χ0) is 14.7. The molecule has 0 bridgehead atoms. The van der Waals surface area contributed by atoms with Gasteiger partial charge in [0.15, 0.2) is 0 Å². The molecule has 1 saturated carbocycles. The van der Waals surface area contributed by atoms with E-state index in [1.807, 2.05) is 0 Å². The highest BCUT2D eigenvalue weighted by atomic mass is 79.9. The molecule has 21 heavy (non-hydrogen) atoms. The first kappa shape index (κ1) is 15.1. The smallest absolute Gasteiger partial charge is 0.251 e. The van der Waals surface area contributed by atoms with Crippen molar-refractivity contribution in [3.05, 3.63) is 34.9 Å². The molecule has 2 nitrogen and oxygen atoms in total. The highest BCUT2D eigenvalue weighted by Gasteiger charge is 2.21. The number of nitrogens with one attached hydrogen (secondary N) is 1. The molecule has 1 N–H and O–H groups in total. The summed E-state index contributed by atoms with van der Waals surface area (Å²) < 4.78 is 0. The van der Waals surface area contributed by atoms with Crippen molar-refractivity contribution in [1.29, 1.82) is 0 Å². The molecule has 1 aliphatic heterocycles. The fourth-order valence-electron chi connectivity index (χ4n) is 3.65. The lowest BCUT2D eigenvalue weighted by Gasteiger charge is -2.24. The topological polar surface area (TPSA) is 29.1 Å². The van der Waals surface area contributed by atoms with Crippen molar-refractivity contribution in [1.82, 2.24) is 5.32 Å². The van der Waals surface area contributed by atoms with Crippen LogP contribution in [-0.2, 0) is 6.42 Å². The second-order valence-electron chi connectivity index (χ2n) is 6.48. The van der Waals surface area contributed by atoms with Crippen LogP contribution in [-0.4, -0.2) is 12.5 Å². The molecule has 1 aromatic carbocycles. The number of carbonyl (C=O) groups is 1.